The number of ether oxygens (including phenoxy) is 1. The van der Waals surface area contributed by atoms with E-state index in [4.69, 9.17) is 4.74 Å². The minimum atomic E-state index is -3.92. The SMILES string of the molecule is CCOc1ccc(N2C(=O)C(C)S/C2=N\S(=O)(=O)c2ccc(C)cc2)cc1. The van der Waals surface area contributed by atoms with E-state index in [2.05, 4.69) is 4.40 Å². The Hall–Kier alpha value is -2.32. The van der Waals surface area contributed by atoms with Gasteiger partial charge in [-0.3, -0.25) is 9.69 Å². The first kappa shape index (κ1) is 19.4. The Morgan fingerprint density at radius 1 is 1.11 bits per heavy atom. The highest BCUT2D eigenvalue weighted by Gasteiger charge is 2.37. The molecule has 6 nitrogen and oxygen atoms in total. The molecule has 0 spiro atoms. The second-order valence-corrected chi connectivity index (χ2v) is 8.93. The van der Waals surface area contributed by atoms with Crippen molar-refractivity contribution in [1.82, 2.24) is 0 Å². The maximum atomic E-state index is 12.7. The highest BCUT2D eigenvalue weighted by atomic mass is 32.2. The number of hydrogen-bond donors (Lipinski definition) is 0. The molecule has 1 heterocycles. The summed E-state index contributed by atoms with van der Waals surface area (Å²) in [6.45, 7) is 6.03. The van der Waals surface area contributed by atoms with Gasteiger partial charge in [-0.15, -0.1) is 4.40 Å². The predicted octanol–water partition coefficient (Wildman–Crippen LogP) is 3.61. The van der Waals surface area contributed by atoms with E-state index >= 15 is 0 Å². The Kier molecular flexibility index (Phi) is 5.57. The van der Waals surface area contributed by atoms with Crippen molar-refractivity contribution >= 4 is 38.5 Å². The van der Waals surface area contributed by atoms with Gasteiger partial charge in [0.1, 0.15) is 5.75 Å². The average molecular weight is 405 g/mol. The highest BCUT2D eigenvalue weighted by molar-refractivity contribution is 8.16. The fraction of sp³-hybridized carbons (Fsp3) is 0.263. The van der Waals surface area contributed by atoms with Crippen molar-refractivity contribution < 1.29 is 17.9 Å². The summed E-state index contributed by atoms with van der Waals surface area (Å²) in [5, 5.41) is -0.263. The van der Waals surface area contributed by atoms with Crippen LogP contribution in [0.15, 0.2) is 57.8 Å². The van der Waals surface area contributed by atoms with E-state index in [0.717, 1.165) is 17.3 Å². The maximum absolute atomic E-state index is 12.7. The number of rotatable bonds is 5. The van der Waals surface area contributed by atoms with Crippen LogP contribution in [0.3, 0.4) is 0 Å². The second-order valence-electron chi connectivity index (χ2n) is 6.02. The molecular weight excluding hydrogens is 384 g/mol. The lowest BCUT2D eigenvalue weighted by Crippen LogP contribution is -2.31. The van der Waals surface area contributed by atoms with Gasteiger partial charge >= 0.3 is 0 Å². The first-order valence-electron chi connectivity index (χ1n) is 8.47. The van der Waals surface area contributed by atoms with Crippen molar-refractivity contribution in [2.24, 2.45) is 4.40 Å². The molecular formula is C19H20N2O4S2. The number of hydrogen-bond acceptors (Lipinski definition) is 5. The summed E-state index contributed by atoms with van der Waals surface area (Å²) < 4.78 is 34.7. The quantitative estimate of drug-likeness (QED) is 0.761. The number of carbonyl (C=O) groups excluding carboxylic acids is 1. The predicted molar refractivity (Wildman–Crippen MR) is 108 cm³/mol. The highest BCUT2D eigenvalue weighted by Crippen LogP contribution is 2.33. The standard InChI is InChI=1S/C19H20N2O4S2/c1-4-25-16-9-7-15(8-10-16)21-18(22)14(3)26-19(21)20-27(23,24)17-11-5-13(2)6-12-17/h5-12,14H,4H2,1-3H3/b20-19-. The number of aryl methyl sites for hydroxylation is 1. The van der Waals surface area contributed by atoms with Crippen molar-refractivity contribution in [3.05, 3.63) is 54.1 Å². The molecule has 0 saturated carbocycles. The Labute approximate surface area is 163 Å². The van der Waals surface area contributed by atoms with Gasteiger partial charge in [-0.2, -0.15) is 8.42 Å². The summed E-state index contributed by atoms with van der Waals surface area (Å²) in [5.74, 6) is 0.473. The molecule has 1 unspecified atom stereocenters. The van der Waals surface area contributed by atoms with Crippen LogP contribution in [0.2, 0.25) is 0 Å². The summed E-state index contributed by atoms with van der Waals surface area (Å²) in [6.07, 6.45) is 0. The molecule has 142 valence electrons. The van der Waals surface area contributed by atoms with Crippen LogP contribution in [0.5, 0.6) is 5.75 Å². The first-order valence-corrected chi connectivity index (χ1v) is 10.8. The van der Waals surface area contributed by atoms with E-state index in [-0.39, 0.29) is 16.0 Å². The van der Waals surface area contributed by atoms with Gasteiger partial charge in [0.15, 0.2) is 5.17 Å². The van der Waals surface area contributed by atoms with E-state index in [1.54, 1.807) is 43.3 Å². The summed E-state index contributed by atoms with van der Waals surface area (Å²) in [5.41, 5.74) is 1.51. The molecule has 1 saturated heterocycles. The number of anilines is 1. The minimum Gasteiger partial charge on any atom is -0.494 e. The van der Waals surface area contributed by atoms with Crippen LogP contribution in [0.4, 0.5) is 5.69 Å². The van der Waals surface area contributed by atoms with Gasteiger partial charge in [0, 0.05) is 0 Å². The van der Waals surface area contributed by atoms with E-state index in [1.807, 2.05) is 13.8 Å². The topological polar surface area (TPSA) is 76.0 Å². The zero-order valence-corrected chi connectivity index (χ0v) is 16.9. The smallest absolute Gasteiger partial charge is 0.284 e. The largest absolute Gasteiger partial charge is 0.494 e. The Bertz CT molecular complexity index is 968. The minimum absolute atomic E-state index is 0.0971. The van der Waals surface area contributed by atoms with Crippen LogP contribution >= 0.6 is 11.8 Å². The molecule has 0 aliphatic carbocycles. The molecule has 1 atom stereocenters. The molecule has 2 aromatic carbocycles. The lowest BCUT2D eigenvalue weighted by molar-refractivity contribution is -0.116. The van der Waals surface area contributed by atoms with Crippen LogP contribution < -0.4 is 9.64 Å². The summed E-state index contributed by atoms with van der Waals surface area (Å²) in [4.78, 5) is 14.0. The van der Waals surface area contributed by atoms with Crippen molar-refractivity contribution in [3.8, 4) is 5.75 Å². The molecule has 27 heavy (non-hydrogen) atoms. The van der Waals surface area contributed by atoms with Crippen LogP contribution in [-0.2, 0) is 14.8 Å². The molecule has 1 amide bonds. The molecule has 0 N–H and O–H groups in total. The van der Waals surface area contributed by atoms with E-state index in [1.165, 1.54) is 17.0 Å². The third kappa shape index (κ3) is 4.17. The number of carbonyl (C=O) groups is 1. The molecule has 0 bridgehead atoms. The third-order valence-electron chi connectivity index (χ3n) is 3.96. The zero-order chi connectivity index (χ0) is 19.6. The van der Waals surface area contributed by atoms with Crippen LogP contribution in [0.25, 0.3) is 0 Å². The molecule has 0 radical (unpaired) electrons. The fourth-order valence-electron chi connectivity index (χ4n) is 2.56. The van der Waals surface area contributed by atoms with Crippen LogP contribution in [0, 0.1) is 6.92 Å². The van der Waals surface area contributed by atoms with Crippen LogP contribution in [-0.4, -0.2) is 31.3 Å². The molecule has 1 aliphatic heterocycles. The number of benzene rings is 2. The Morgan fingerprint density at radius 3 is 2.33 bits per heavy atom. The van der Waals surface area contributed by atoms with Gasteiger partial charge < -0.3 is 4.74 Å². The lowest BCUT2D eigenvalue weighted by Gasteiger charge is -2.16. The monoisotopic (exact) mass is 404 g/mol. The van der Waals surface area contributed by atoms with Gasteiger partial charge in [0.05, 0.1) is 22.4 Å². The molecule has 3 rings (SSSR count). The Balaban J connectivity index is 1.98. The molecule has 1 aliphatic rings. The van der Waals surface area contributed by atoms with Crippen molar-refractivity contribution in [2.45, 2.75) is 30.9 Å². The molecule has 8 heteroatoms. The summed E-state index contributed by atoms with van der Waals surface area (Å²) in [6, 6.07) is 13.4. The number of thioether (sulfide) groups is 1. The zero-order valence-electron chi connectivity index (χ0n) is 15.2. The van der Waals surface area contributed by atoms with Crippen molar-refractivity contribution in [1.29, 1.82) is 0 Å². The summed E-state index contributed by atoms with van der Waals surface area (Å²) >= 11 is 1.13. The third-order valence-corrected chi connectivity index (χ3v) is 6.40. The van der Waals surface area contributed by atoms with Gasteiger partial charge in [0.25, 0.3) is 10.0 Å². The molecule has 1 fully saturated rings. The first-order chi connectivity index (χ1) is 12.8. The second kappa shape index (κ2) is 7.74. The fourth-order valence-corrected chi connectivity index (χ4v) is 4.72. The van der Waals surface area contributed by atoms with E-state index < -0.39 is 15.3 Å². The molecule has 2 aromatic rings. The number of amides is 1. The van der Waals surface area contributed by atoms with Gasteiger partial charge in [0.2, 0.25) is 5.91 Å². The maximum Gasteiger partial charge on any atom is 0.284 e. The number of amidine groups is 1. The van der Waals surface area contributed by atoms with Gasteiger partial charge in [-0.25, -0.2) is 0 Å². The van der Waals surface area contributed by atoms with Crippen LogP contribution in [0.1, 0.15) is 19.4 Å². The van der Waals surface area contributed by atoms with E-state index in [9.17, 15) is 13.2 Å². The van der Waals surface area contributed by atoms with Crippen molar-refractivity contribution in [3.63, 3.8) is 0 Å². The van der Waals surface area contributed by atoms with E-state index in [0.29, 0.717) is 18.0 Å². The van der Waals surface area contributed by atoms with Gasteiger partial charge in [-0.05, 0) is 57.2 Å². The molecule has 0 aromatic heterocycles. The van der Waals surface area contributed by atoms with Crippen molar-refractivity contribution in [2.75, 3.05) is 11.5 Å². The van der Waals surface area contributed by atoms with Gasteiger partial charge in [-0.1, -0.05) is 29.5 Å². The number of sulfonamides is 1. The Morgan fingerprint density at radius 2 is 1.74 bits per heavy atom. The normalized spacial score (nSPS) is 18.9. The number of nitrogens with zero attached hydrogens (tertiary/aromatic N) is 2. The lowest BCUT2D eigenvalue weighted by atomic mass is 10.2. The average Bonchev–Trinajstić information content (AvgIpc) is 2.89. The summed E-state index contributed by atoms with van der Waals surface area (Å²) in [7, 11) is -3.92.